The van der Waals surface area contributed by atoms with Gasteiger partial charge in [0.05, 0.1) is 11.1 Å². The first kappa shape index (κ1) is 23.8. The number of rotatable bonds is 2. The maximum Gasteiger partial charge on any atom is 0.162 e. The third-order valence-corrected chi connectivity index (χ3v) is 6.09. The molecule has 0 bridgehead atoms. The molecule has 37 heavy (non-hydrogen) atoms. The minimum absolute atomic E-state index is 0.668. The van der Waals surface area contributed by atoms with Gasteiger partial charge in [-0.2, -0.15) is 0 Å². The van der Waals surface area contributed by atoms with Gasteiger partial charge in [0.25, 0.3) is 0 Å². The van der Waals surface area contributed by atoms with E-state index in [-0.39, 0.29) is 0 Å². The zero-order valence-electron chi connectivity index (χ0n) is 20.7. The van der Waals surface area contributed by atoms with Gasteiger partial charge in [-0.25, -0.2) is 9.97 Å². The second-order valence-electron chi connectivity index (χ2n) is 8.41. The average molecular weight is 482 g/mol. The quantitative estimate of drug-likeness (QED) is 0.198. The van der Waals surface area contributed by atoms with Crippen molar-refractivity contribution < 1.29 is 4.42 Å². The molecule has 0 fully saturated rings. The van der Waals surface area contributed by atoms with Crippen LogP contribution in [0.3, 0.4) is 0 Å². The van der Waals surface area contributed by atoms with Crippen LogP contribution in [0.15, 0.2) is 128 Å². The Morgan fingerprint density at radius 3 is 2.00 bits per heavy atom. The first-order valence-electron chi connectivity index (χ1n) is 12.1. The fourth-order valence-corrected chi connectivity index (χ4v) is 4.67. The Labute approximate surface area is 215 Å². The zero-order chi connectivity index (χ0) is 25.8. The zero-order valence-corrected chi connectivity index (χ0v) is 20.7. The van der Waals surface area contributed by atoms with Crippen LogP contribution in [0.2, 0.25) is 0 Å². The fourth-order valence-electron chi connectivity index (χ4n) is 4.67. The van der Waals surface area contributed by atoms with Crippen LogP contribution in [0, 0.1) is 0 Å². The van der Waals surface area contributed by atoms with Crippen LogP contribution in [0.1, 0.15) is 6.92 Å². The van der Waals surface area contributed by atoms with Gasteiger partial charge in [0, 0.05) is 50.2 Å². The maximum atomic E-state index is 6.58. The molecular formula is C33H27N3O. The molecule has 3 aromatic heterocycles. The van der Waals surface area contributed by atoms with Crippen LogP contribution in [0.5, 0.6) is 0 Å². The number of allylic oxidation sites excluding steroid dienone is 3. The van der Waals surface area contributed by atoms with Crippen LogP contribution >= 0.6 is 0 Å². The number of nitrogens with zero attached hydrogens (tertiary/aromatic N) is 2. The number of para-hydroxylation sites is 2. The molecule has 180 valence electrons. The van der Waals surface area contributed by atoms with E-state index in [0.29, 0.717) is 5.82 Å². The second-order valence-corrected chi connectivity index (χ2v) is 8.41. The van der Waals surface area contributed by atoms with Gasteiger partial charge in [-0.15, -0.1) is 6.58 Å². The van der Waals surface area contributed by atoms with Gasteiger partial charge in [-0.3, -0.25) is 0 Å². The molecule has 7 rings (SSSR count). The summed E-state index contributed by atoms with van der Waals surface area (Å²) in [6.07, 6.45) is 8.55. The van der Waals surface area contributed by atoms with Gasteiger partial charge in [-0.1, -0.05) is 86.0 Å². The molecule has 3 heterocycles. The third-order valence-electron chi connectivity index (χ3n) is 6.09. The van der Waals surface area contributed by atoms with E-state index in [9.17, 15) is 0 Å². The summed E-state index contributed by atoms with van der Waals surface area (Å²) in [5.41, 5.74) is 4.90. The summed E-state index contributed by atoms with van der Waals surface area (Å²) in [4.78, 5) is 12.6. The summed E-state index contributed by atoms with van der Waals surface area (Å²) in [5, 5.41) is 6.87. The summed E-state index contributed by atoms with van der Waals surface area (Å²) in [5.74, 6) is 0.668. The van der Waals surface area contributed by atoms with Crippen LogP contribution in [0.4, 0.5) is 0 Å². The van der Waals surface area contributed by atoms with Crippen LogP contribution in [-0.2, 0) is 0 Å². The summed E-state index contributed by atoms with van der Waals surface area (Å²) in [7, 11) is 0. The van der Waals surface area contributed by atoms with Crippen molar-refractivity contribution in [3.8, 4) is 11.4 Å². The first-order valence-corrected chi connectivity index (χ1v) is 12.1. The SMILES string of the molecule is C=CC.C=CC=C.c1cnc(-c2cccc3c2oc2c4ccccc4c4[nH]c5ccccc5c4c32)nc1. The van der Waals surface area contributed by atoms with Crippen molar-refractivity contribution >= 4 is 54.5 Å². The number of H-pyrrole nitrogens is 1. The van der Waals surface area contributed by atoms with Gasteiger partial charge in [0.2, 0.25) is 0 Å². The monoisotopic (exact) mass is 481 g/mol. The van der Waals surface area contributed by atoms with Crippen molar-refractivity contribution in [3.63, 3.8) is 0 Å². The van der Waals surface area contributed by atoms with Crippen molar-refractivity contribution in [3.05, 3.63) is 123 Å². The van der Waals surface area contributed by atoms with E-state index in [0.717, 1.165) is 49.3 Å². The summed E-state index contributed by atoms with van der Waals surface area (Å²) in [6, 6.07) is 24.9. The molecule has 0 amide bonds. The molecule has 0 atom stereocenters. The minimum Gasteiger partial charge on any atom is -0.455 e. The Balaban J connectivity index is 0.000000362. The number of hydrogen-bond acceptors (Lipinski definition) is 3. The Morgan fingerprint density at radius 1 is 0.676 bits per heavy atom. The van der Waals surface area contributed by atoms with Gasteiger partial charge in [0.15, 0.2) is 5.82 Å². The molecule has 0 aliphatic rings. The van der Waals surface area contributed by atoms with Crippen molar-refractivity contribution in [2.45, 2.75) is 6.92 Å². The van der Waals surface area contributed by atoms with Crippen molar-refractivity contribution in [1.29, 1.82) is 0 Å². The van der Waals surface area contributed by atoms with Crippen LogP contribution in [-0.4, -0.2) is 15.0 Å². The van der Waals surface area contributed by atoms with Crippen molar-refractivity contribution in [1.82, 2.24) is 15.0 Å². The number of aromatic amines is 1. The van der Waals surface area contributed by atoms with Crippen LogP contribution < -0.4 is 0 Å². The second kappa shape index (κ2) is 10.3. The molecule has 4 nitrogen and oxygen atoms in total. The van der Waals surface area contributed by atoms with E-state index in [1.807, 2.05) is 19.1 Å². The van der Waals surface area contributed by atoms with Gasteiger partial charge >= 0.3 is 0 Å². The van der Waals surface area contributed by atoms with E-state index in [2.05, 4.69) is 95.4 Å². The smallest absolute Gasteiger partial charge is 0.162 e. The molecule has 0 radical (unpaired) electrons. The van der Waals surface area contributed by atoms with E-state index in [1.165, 1.54) is 10.8 Å². The van der Waals surface area contributed by atoms with Gasteiger partial charge in [0.1, 0.15) is 11.2 Å². The normalized spacial score (nSPS) is 10.6. The maximum absolute atomic E-state index is 6.58. The standard InChI is InChI=1S/C26H15N3O.C4H6.C3H6/c1-2-8-16-15(7-1)23-21(17-9-3-4-12-20(17)29-23)22-18-10-5-11-19(24(18)30-25(16)22)26-27-13-6-14-28-26;1-3-4-2;1-3-2/h1-14,29H;3-4H,1-2H2;3H,1H2,2H3. The Morgan fingerprint density at radius 2 is 1.30 bits per heavy atom. The summed E-state index contributed by atoms with van der Waals surface area (Å²) >= 11 is 0. The van der Waals surface area contributed by atoms with E-state index in [4.69, 9.17) is 4.42 Å². The lowest BCUT2D eigenvalue weighted by Gasteiger charge is -2.02. The minimum atomic E-state index is 0.668. The number of hydrogen-bond donors (Lipinski definition) is 1. The Bertz CT molecular complexity index is 1890. The van der Waals surface area contributed by atoms with Gasteiger partial charge < -0.3 is 9.40 Å². The van der Waals surface area contributed by atoms with Gasteiger partial charge in [-0.05, 0) is 25.1 Å². The molecule has 0 aliphatic heterocycles. The molecular weight excluding hydrogens is 454 g/mol. The van der Waals surface area contributed by atoms with Crippen LogP contribution in [0.25, 0.3) is 65.9 Å². The lowest BCUT2D eigenvalue weighted by molar-refractivity contribution is 0.673. The van der Waals surface area contributed by atoms with Crippen molar-refractivity contribution in [2.24, 2.45) is 0 Å². The predicted molar refractivity (Wildman–Crippen MR) is 158 cm³/mol. The van der Waals surface area contributed by atoms with E-state index < -0.39 is 0 Å². The Kier molecular flexibility index (Phi) is 6.64. The molecule has 0 spiro atoms. The van der Waals surface area contributed by atoms with E-state index >= 15 is 0 Å². The highest BCUT2D eigenvalue weighted by atomic mass is 16.3. The fraction of sp³-hybridized carbons (Fsp3) is 0.0303. The predicted octanol–water partition coefficient (Wildman–Crippen LogP) is 9.38. The van der Waals surface area contributed by atoms with E-state index in [1.54, 1.807) is 30.6 Å². The molecule has 0 saturated carbocycles. The summed E-state index contributed by atoms with van der Waals surface area (Å²) in [6.45, 7) is 12.0. The molecule has 0 saturated heterocycles. The van der Waals surface area contributed by atoms with Crippen molar-refractivity contribution in [2.75, 3.05) is 0 Å². The molecule has 1 N–H and O–H groups in total. The molecule has 0 aliphatic carbocycles. The lowest BCUT2D eigenvalue weighted by atomic mass is 9.99. The highest BCUT2D eigenvalue weighted by molar-refractivity contribution is 6.35. The highest BCUT2D eigenvalue weighted by Gasteiger charge is 2.21. The topological polar surface area (TPSA) is 54.7 Å². The number of nitrogens with one attached hydrogen (secondary N) is 1. The molecule has 4 heteroatoms. The number of fused-ring (bicyclic) bond motifs is 10. The first-order chi connectivity index (χ1) is 18.2. The Hall–Kier alpha value is -4.96. The lowest BCUT2D eigenvalue weighted by Crippen LogP contribution is -1.86. The molecule has 7 aromatic rings. The molecule has 0 unspecified atom stereocenters. The summed E-state index contributed by atoms with van der Waals surface area (Å²) < 4.78 is 6.58. The molecule has 4 aromatic carbocycles. The third kappa shape index (κ3) is 4.09. The average Bonchev–Trinajstić information content (AvgIpc) is 3.53. The highest BCUT2D eigenvalue weighted by Crippen LogP contribution is 2.44. The number of benzene rings is 4. The number of furan rings is 1. The number of aromatic nitrogens is 3. The largest absolute Gasteiger partial charge is 0.455 e.